The van der Waals surface area contributed by atoms with Crippen LogP contribution in [0.1, 0.15) is 51.2 Å². The summed E-state index contributed by atoms with van der Waals surface area (Å²) in [5.74, 6) is 0.648. The number of thiazole rings is 1. The molecule has 1 unspecified atom stereocenters. The number of aromatic nitrogens is 1. The molecule has 1 N–H and O–H groups in total. The van der Waals surface area contributed by atoms with Gasteiger partial charge in [-0.15, -0.1) is 35.3 Å². The van der Waals surface area contributed by atoms with Crippen LogP contribution in [-0.4, -0.2) is 48.6 Å². The molecule has 1 fully saturated rings. The summed E-state index contributed by atoms with van der Waals surface area (Å²) in [6.07, 6.45) is 1.85. The van der Waals surface area contributed by atoms with Crippen LogP contribution in [0.4, 0.5) is 0 Å². The SMILES string of the molecule is CCOC(=O)C1CCCN(C(=NC)NCc2csc(C(C)(C)C)n2)C1.I. The first-order chi connectivity index (χ1) is 11.8. The second kappa shape index (κ2) is 10.4. The molecule has 1 aromatic rings. The lowest BCUT2D eigenvalue weighted by Gasteiger charge is -2.33. The van der Waals surface area contributed by atoms with Crippen LogP contribution in [0.2, 0.25) is 0 Å². The third-order valence-corrected chi connectivity index (χ3v) is 5.49. The van der Waals surface area contributed by atoms with E-state index in [0.29, 0.717) is 19.7 Å². The zero-order chi connectivity index (χ0) is 18.4. The Hall–Kier alpha value is -0.900. The van der Waals surface area contributed by atoms with E-state index in [-0.39, 0.29) is 41.3 Å². The fraction of sp³-hybridized carbons (Fsp3) is 0.722. The minimum Gasteiger partial charge on any atom is -0.466 e. The molecule has 2 rings (SSSR count). The van der Waals surface area contributed by atoms with Crippen LogP contribution < -0.4 is 5.32 Å². The number of aliphatic imine (C=N–C) groups is 1. The quantitative estimate of drug-likeness (QED) is 0.301. The number of nitrogens with zero attached hydrogens (tertiary/aromatic N) is 3. The van der Waals surface area contributed by atoms with Crippen molar-refractivity contribution in [2.45, 2.75) is 52.5 Å². The van der Waals surface area contributed by atoms with Gasteiger partial charge in [0.1, 0.15) is 0 Å². The predicted molar refractivity (Wildman–Crippen MR) is 117 cm³/mol. The molecule has 0 saturated carbocycles. The minimum absolute atomic E-state index is 0. The number of hydrogen-bond acceptors (Lipinski definition) is 5. The molecule has 0 aromatic carbocycles. The topological polar surface area (TPSA) is 66.8 Å². The van der Waals surface area contributed by atoms with E-state index >= 15 is 0 Å². The normalized spacial score (nSPS) is 18.3. The van der Waals surface area contributed by atoms with Crippen LogP contribution in [0.5, 0.6) is 0 Å². The Morgan fingerprint density at radius 2 is 2.23 bits per heavy atom. The zero-order valence-corrected chi connectivity index (χ0v) is 19.5. The van der Waals surface area contributed by atoms with Crippen molar-refractivity contribution in [2.75, 3.05) is 26.7 Å². The van der Waals surface area contributed by atoms with Crippen molar-refractivity contribution in [3.63, 3.8) is 0 Å². The van der Waals surface area contributed by atoms with Gasteiger partial charge in [0.15, 0.2) is 5.96 Å². The number of guanidine groups is 1. The molecule has 1 saturated heterocycles. The molecule has 0 spiro atoms. The maximum atomic E-state index is 12.0. The average Bonchev–Trinajstić information content (AvgIpc) is 3.05. The highest BCUT2D eigenvalue weighted by Gasteiger charge is 2.28. The van der Waals surface area contributed by atoms with Gasteiger partial charge < -0.3 is 15.0 Å². The minimum atomic E-state index is -0.100. The molecule has 0 aliphatic carbocycles. The van der Waals surface area contributed by atoms with Gasteiger partial charge in [-0.05, 0) is 19.8 Å². The van der Waals surface area contributed by atoms with E-state index in [1.807, 2.05) is 6.92 Å². The van der Waals surface area contributed by atoms with Crippen molar-refractivity contribution in [1.82, 2.24) is 15.2 Å². The number of nitrogens with one attached hydrogen (secondary N) is 1. The number of likely N-dealkylation sites (tertiary alicyclic amines) is 1. The summed E-state index contributed by atoms with van der Waals surface area (Å²) in [5.41, 5.74) is 1.10. The first-order valence-electron chi connectivity index (χ1n) is 8.92. The van der Waals surface area contributed by atoms with Gasteiger partial charge in [-0.25, -0.2) is 4.98 Å². The summed E-state index contributed by atoms with van der Waals surface area (Å²) in [4.78, 5) is 23.2. The molecule has 148 valence electrons. The first-order valence-corrected chi connectivity index (χ1v) is 9.80. The van der Waals surface area contributed by atoms with E-state index < -0.39 is 0 Å². The lowest BCUT2D eigenvalue weighted by atomic mass is 9.98. The molecule has 2 heterocycles. The molecular weight excluding hydrogens is 463 g/mol. The van der Waals surface area contributed by atoms with E-state index in [1.54, 1.807) is 18.4 Å². The summed E-state index contributed by atoms with van der Waals surface area (Å²) in [7, 11) is 1.78. The van der Waals surface area contributed by atoms with E-state index in [0.717, 1.165) is 36.0 Å². The van der Waals surface area contributed by atoms with Crippen LogP contribution in [0.25, 0.3) is 0 Å². The number of carbonyl (C=O) groups excluding carboxylic acids is 1. The van der Waals surface area contributed by atoms with Crippen LogP contribution in [0.3, 0.4) is 0 Å². The van der Waals surface area contributed by atoms with Crippen LogP contribution in [-0.2, 0) is 21.5 Å². The molecule has 8 heteroatoms. The van der Waals surface area contributed by atoms with Gasteiger partial charge in [0.25, 0.3) is 0 Å². The van der Waals surface area contributed by atoms with Gasteiger partial charge in [0.05, 0.1) is 29.8 Å². The van der Waals surface area contributed by atoms with Crippen molar-refractivity contribution in [1.29, 1.82) is 0 Å². The van der Waals surface area contributed by atoms with Crippen molar-refractivity contribution in [3.05, 3.63) is 16.1 Å². The molecule has 0 amide bonds. The maximum absolute atomic E-state index is 12.0. The van der Waals surface area contributed by atoms with Gasteiger partial charge in [0.2, 0.25) is 0 Å². The molecule has 6 nitrogen and oxygen atoms in total. The molecule has 1 atom stereocenters. The summed E-state index contributed by atoms with van der Waals surface area (Å²) in [6, 6.07) is 0. The highest BCUT2D eigenvalue weighted by Crippen LogP contribution is 2.25. The predicted octanol–water partition coefficient (Wildman–Crippen LogP) is 3.41. The Bertz CT molecular complexity index is 613. The number of hydrogen-bond donors (Lipinski definition) is 1. The van der Waals surface area contributed by atoms with E-state index in [1.165, 1.54) is 0 Å². The monoisotopic (exact) mass is 494 g/mol. The highest BCUT2D eigenvalue weighted by molar-refractivity contribution is 14.0. The van der Waals surface area contributed by atoms with Crippen molar-refractivity contribution >= 4 is 47.2 Å². The summed E-state index contributed by atoms with van der Waals surface area (Å²) >= 11 is 1.70. The maximum Gasteiger partial charge on any atom is 0.310 e. The number of piperidine rings is 1. The fourth-order valence-electron chi connectivity index (χ4n) is 2.86. The Kier molecular flexibility index (Phi) is 9.29. The number of esters is 1. The Morgan fingerprint density at radius 3 is 2.81 bits per heavy atom. The highest BCUT2D eigenvalue weighted by atomic mass is 127. The number of ether oxygens (including phenoxy) is 1. The fourth-order valence-corrected chi connectivity index (χ4v) is 3.76. The van der Waals surface area contributed by atoms with Crippen LogP contribution >= 0.6 is 35.3 Å². The molecule has 1 aliphatic rings. The molecule has 0 radical (unpaired) electrons. The van der Waals surface area contributed by atoms with E-state index in [4.69, 9.17) is 9.72 Å². The number of rotatable bonds is 4. The molecule has 26 heavy (non-hydrogen) atoms. The third kappa shape index (κ3) is 6.37. The molecule has 1 aromatic heterocycles. The lowest BCUT2D eigenvalue weighted by molar-refractivity contribution is -0.149. The lowest BCUT2D eigenvalue weighted by Crippen LogP contribution is -2.48. The second-order valence-electron chi connectivity index (χ2n) is 7.33. The Labute approximate surface area is 177 Å². The molecule has 0 bridgehead atoms. The van der Waals surface area contributed by atoms with Gasteiger partial charge in [0, 0.05) is 30.9 Å². The largest absolute Gasteiger partial charge is 0.466 e. The standard InChI is InChI=1S/C18H30N4O2S.HI/c1-6-24-15(23)13-8-7-9-22(11-13)17(19-5)20-10-14-12-25-16(21-14)18(2,3)4;/h12-13H,6-11H2,1-5H3,(H,19,20);1H. The van der Waals surface area contributed by atoms with Crippen LogP contribution in [0, 0.1) is 5.92 Å². The van der Waals surface area contributed by atoms with Crippen molar-refractivity contribution in [3.8, 4) is 0 Å². The summed E-state index contributed by atoms with van der Waals surface area (Å²) in [6.45, 7) is 11.0. The third-order valence-electron chi connectivity index (χ3n) is 4.17. The van der Waals surface area contributed by atoms with Gasteiger partial charge in [-0.2, -0.15) is 0 Å². The first kappa shape index (κ1) is 23.1. The van der Waals surface area contributed by atoms with Crippen molar-refractivity contribution < 1.29 is 9.53 Å². The van der Waals surface area contributed by atoms with E-state index in [9.17, 15) is 4.79 Å². The van der Waals surface area contributed by atoms with E-state index in [2.05, 4.69) is 41.4 Å². The smallest absolute Gasteiger partial charge is 0.310 e. The zero-order valence-electron chi connectivity index (χ0n) is 16.4. The average molecular weight is 494 g/mol. The second-order valence-corrected chi connectivity index (χ2v) is 8.19. The number of halogens is 1. The number of carbonyl (C=O) groups is 1. The molecular formula is C18H31IN4O2S. The summed E-state index contributed by atoms with van der Waals surface area (Å²) < 4.78 is 5.17. The van der Waals surface area contributed by atoms with Gasteiger partial charge in [-0.1, -0.05) is 20.8 Å². The van der Waals surface area contributed by atoms with Crippen molar-refractivity contribution in [2.24, 2.45) is 10.9 Å². The Balaban J connectivity index is 0.00000338. The Morgan fingerprint density at radius 1 is 1.50 bits per heavy atom. The summed E-state index contributed by atoms with van der Waals surface area (Å²) in [5, 5.41) is 6.61. The molecule has 1 aliphatic heterocycles. The van der Waals surface area contributed by atoms with Gasteiger partial charge in [-0.3, -0.25) is 9.79 Å². The van der Waals surface area contributed by atoms with Crippen LogP contribution in [0.15, 0.2) is 10.4 Å². The van der Waals surface area contributed by atoms with Gasteiger partial charge >= 0.3 is 5.97 Å².